The molecule has 0 bridgehead atoms. The third-order valence-electron chi connectivity index (χ3n) is 3.22. The minimum atomic E-state index is 0.609. The summed E-state index contributed by atoms with van der Waals surface area (Å²) in [6.07, 6.45) is 5.03. The highest BCUT2D eigenvalue weighted by Gasteiger charge is 2.20. The molecule has 1 aliphatic rings. The molecule has 0 spiro atoms. The van der Waals surface area contributed by atoms with Gasteiger partial charge < -0.3 is 0 Å². The quantitative estimate of drug-likeness (QED) is 0.627. The molecular weight excluding hydrogens is 182 g/mol. The molecule has 1 heteroatoms. The molecule has 0 saturated carbocycles. The molecule has 0 aliphatic heterocycles. The van der Waals surface area contributed by atoms with Gasteiger partial charge in [-0.3, -0.25) is 4.98 Å². The van der Waals surface area contributed by atoms with Crippen molar-refractivity contribution in [3.63, 3.8) is 0 Å². The molecule has 1 nitrogen and oxygen atoms in total. The van der Waals surface area contributed by atoms with Crippen LogP contribution in [0.5, 0.6) is 0 Å². The molecule has 1 aromatic carbocycles. The van der Waals surface area contributed by atoms with E-state index in [0.29, 0.717) is 5.92 Å². The summed E-state index contributed by atoms with van der Waals surface area (Å²) in [7, 11) is 0. The Labute approximate surface area is 89.8 Å². The van der Waals surface area contributed by atoms with Crippen molar-refractivity contribution in [3.8, 4) is 11.1 Å². The highest BCUT2D eigenvalue weighted by Crippen LogP contribution is 2.38. The van der Waals surface area contributed by atoms with E-state index in [1.807, 2.05) is 12.4 Å². The summed E-state index contributed by atoms with van der Waals surface area (Å²) < 4.78 is 0. The minimum Gasteiger partial charge on any atom is -0.264 e. The Hall–Kier alpha value is -1.63. The van der Waals surface area contributed by atoms with E-state index in [1.165, 1.54) is 22.3 Å². The molecule has 0 N–H and O–H groups in total. The zero-order valence-electron chi connectivity index (χ0n) is 8.77. The lowest BCUT2D eigenvalue weighted by atomic mass is 9.81. The number of benzene rings is 1. The highest BCUT2D eigenvalue weighted by atomic mass is 14.6. The van der Waals surface area contributed by atoms with Gasteiger partial charge in [-0.1, -0.05) is 31.2 Å². The van der Waals surface area contributed by atoms with Crippen molar-refractivity contribution in [3.05, 3.63) is 53.9 Å². The molecule has 1 aromatic heterocycles. The molecule has 0 fully saturated rings. The monoisotopic (exact) mass is 195 g/mol. The first kappa shape index (κ1) is 8.66. The third-order valence-corrected chi connectivity index (χ3v) is 3.22. The Morgan fingerprint density at radius 1 is 1.13 bits per heavy atom. The Bertz CT molecular complexity index is 502. The predicted octanol–water partition coefficient (Wildman–Crippen LogP) is 3.41. The van der Waals surface area contributed by atoms with Gasteiger partial charge in [-0.2, -0.15) is 0 Å². The van der Waals surface area contributed by atoms with Gasteiger partial charge in [-0.05, 0) is 35.1 Å². The van der Waals surface area contributed by atoms with Crippen molar-refractivity contribution < 1.29 is 0 Å². The highest BCUT2D eigenvalue weighted by molar-refractivity contribution is 5.72. The summed E-state index contributed by atoms with van der Waals surface area (Å²) in [5.41, 5.74) is 5.56. The molecule has 0 amide bonds. The Morgan fingerprint density at radius 2 is 2.00 bits per heavy atom. The summed E-state index contributed by atoms with van der Waals surface area (Å²) in [6, 6.07) is 10.8. The molecule has 2 aromatic rings. The fourth-order valence-electron chi connectivity index (χ4n) is 2.46. The first-order valence-corrected chi connectivity index (χ1v) is 5.38. The van der Waals surface area contributed by atoms with Crippen LogP contribution in [0.15, 0.2) is 42.7 Å². The molecule has 1 aliphatic carbocycles. The van der Waals surface area contributed by atoms with Crippen LogP contribution >= 0.6 is 0 Å². The predicted molar refractivity (Wildman–Crippen MR) is 61.8 cm³/mol. The Morgan fingerprint density at radius 3 is 2.93 bits per heavy atom. The van der Waals surface area contributed by atoms with Crippen LogP contribution in [-0.4, -0.2) is 4.98 Å². The number of aromatic nitrogens is 1. The zero-order chi connectivity index (χ0) is 10.3. The summed E-state index contributed by atoms with van der Waals surface area (Å²) in [5.74, 6) is 0.609. The zero-order valence-corrected chi connectivity index (χ0v) is 8.77. The van der Waals surface area contributed by atoms with E-state index in [1.54, 1.807) is 0 Å². The molecular formula is C14H13N. The third kappa shape index (κ3) is 1.27. The number of hydrogen-bond donors (Lipinski definition) is 0. The summed E-state index contributed by atoms with van der Waals surface area (Å²) in [4.78, 5) is 4.23. The van der Waals surface area contributed by atoms with E-state index in [4.69, 9.17) is 0 Å². The van der Waals surface area contributed by atoms with Crippen molar-refractivity contribution in [2.45, 2.75) is 19.3 Å². The lowest BCUT2D eigenvalue weighted by Gasteiger charge is -2.24. The first-order valence-electron chi connectivity index (χ1n) is 5.38. The molecule has 74 valence electrons. The second-order valence-corrected chi connectivity index (χ2v) is 4.23. The fourth-order valence-corrected chi connectivity index (χ4v) is 2.46. The van der Waals surface area contributed by atoms with Gasteiger partial charge in [0.2, 0.25) is 0 Å². The number of pyridine rings is 1. The van der Waals surface area contributed by atoms with Gasteiger partial charge in [0.25, 0.3) is 0 Å². The van der Waals surface area contributed by atoms with Crippen LogP contribution in [0.1, 0.15) is 24.0 Å². The van der Waals surface area contributed by atoms with Crippen molar-refractivity contribution >= 4 is 0 Å². The van der Waals surface area contributed by atoms with E-state index in [9.17, 15) is 0 Å². The van der Waals surface area contributed by atoms with Crippen molar-refractivity contribution in [1.29, 1.82) is 0 Å². The van der Waals surface area contributed by atoms with Gasteiger partial charge in [0, 0.05) is 18.0 Å². The number of nitrogens with zero attached hydrogens (tertiary/aromatic N) is 1. The second kappa shape index (κ2) is 3.20. The molecule has 1 atom stereocenters. The lowest BCUT2D eigenvalue weighted by Crippen LogP contribution is -2.08. The van der Waals surface area contributed by atoms with Gasteiger partial charge in [0.15, 0.2) is 0 Å². The van der Waals surface area contributed by atoms with Gasteiger partial charge in [0.1, 0.15) is 0 Å². The van der Waals surface area contributed by atoms with E-state index in [0.717, 1.165) is 6.42 Å². The van der Waals surface area contributed by atoms with Crippen LogP contribution < -0.4 is 0 Å². The molecule has 0 saturated heterocycles. The number of fused-ring (bicyclic) bond motifs is 3. The molecule has 3 rings (SSSR count). The summed E-state index contributed by atoms with van der Waals surface area (Å²) >= 11 is 0. The van der Waals surface area contributed by atoms with E-state index in [-0.39, 0.29) is 0 Å². The van der Waals surface area contributed by atoms with Gasteiger partial charge in [-0.15, -0.1) is 0 Å². The summed E-state index contributed by atoms with van der Waals surface area (Å²) in [5, 5.41) is 0. The Balaban J connectivity index is 2.30. The maximum absolute atomic E-state index is 4.23. The van der Waals surface area contributed by atoms with Gasteiger partial charge in [0.05, 0.1) is 0 Å². The van der Waals surface area contributed by atoms with Crippen molar-refractivity contribution in [2.75, 3.05) is 0 Å². The Kier molecular flexibility index (Phi) is 1.84. The topological polar surface area (TPSA) is 12.9 Å². The SMILES string of the molecule is CC1Cc2ccccc2-c2cnccc21. The van der Waals surface area contributed by atoms with Crippen LogP contribution in [-0.2, 0) is 6.42 Å². The molecule has 1 unspecified atom stereocenters. The van der Waals surface area contributed by atoms with Crippen molar-refractivity contribution in [1.82, 2.24) is 4.98 Å². The van der Waals surface area contributed by atoms with E-state index < -0.39 is 0 Å². The van der Waals surface area contributed by atoms with Gasteiger partial charge >= 0.3 is 0 Å². The van der Waals surface area contributed by atoms with Crippen LogP contribution in [0, 0.1) is 0 Å². The van der Waals surface area contributed by atoms with E-state index >= 15 is 0 Å². The standard InChI is InChI=1S/C14H13N/c1-10-8-11-4-2-3-5-13(11)14-9-15-7-6-12(10)14/h2-7,9-10H,8H2,1H3. The second-order valence-electron chi connectivity index (χ2n) is 4.23. The largest absolute Gasteiger partial charge is 0.264 e. The normalized spacial score (nSPS) is 18.1. The maximum Gasteiger partial charge on any atom is 0.0349 e. The maximum atomic E-state index is 4.23. The molecule has 1 heterocycles. The van der Waals surface area contributed by atoms with E-state index in [2.05, 4.69) is 42.2 Å². The average molecular weight is 195 g/mol. The van der Waals surface area contributed by atoms with Crippen molar-refractivity contribution in [2.24, 2.45) is 0 Å². The molecule has 0 radical (unpaired) electrons. The summed E-state index contributed by atoms with van der Waals surface area (Å²) in [6.45, 7) is 2.29. The van der Waals surface area contributed by atoms with Gasteiger partial charge in [-0.25, -0.2) is 0 Å². The van der Waals surface area contributed by atoms with Crippen LogP contribution in [0.25, 0.3) is 11.1 Å². The van der Waals surface area contributed by atoms with Crippen LogP contribution in [0.3, 0.4) is 0 Å². The number of hydrogen-bond acceptors (Lipinski definition) is 1. The average Bonchev–Trinajstić information content (AvgIpc) is 2.30. The lowest BCUT2D eigenvalue weighted by molar-refractivity contribution is 0.747. The number of rotatable bonds is 0. The molecule has 15 heavy (non-hydrogen) atoms. The smallest absolute Gasteiger partial charge is 0.0349 e. The van der Waals surface area contributed by atoms with Crippen LogP contribution in [0.2, 0.25) is 0 Å². The fraction of sp³-hybridized carbons (Fsp3) is 0.214. The minimum absolute atomic E-state index is 0.609. The van der Waals surface area contributed by atoms with Crippen LogP contribution in [0.4, 0.5) is 0 Å². The first-order chi connectivity index (χ1) is 7.36.